The molecule has 0 aliphatic carbocycles. The van der Waals surface area contributed by atoms with Gasteiger partial charge >= 0.3 is 0 Å². The lowest BCUT2D eigenvalue weighted by atomic mass is 10.2. The van der Waals surface area contributed by atoms with Crippen LogP contribution in [0, 0.1) is 0 Å². The van der Waals surface area contributed by atoms with Gasteiger partial charge in [0.05, 0.1) is 10.6 Å². The van der Waals surface area contributed by atoms with E-state index in [1.165, 1.54) is 0 Å². The van der Waals surface area contributed by atoms with Crippen LogP contribution >= 0.6 is 34.8 Å². The van der Waals surface area contributed by atoms with E-state index >= 15 is 0 Å². The predicted octanol–water partition coefficient (Wildman–Crippen LogP) is 3.69. The first-order valence-electron chi connectivity index (χ1n) is 4.75. The highest BCUT2D eigenvalue weighted by molar-refractivity contribution is 6.36. The number of nitrogens with zero attached hydrogens (tertiary/aromatic N) is 1. The van der Waals surface area contributed by atoms with Crippen LogP contribution in [-0.2, 0) is 0 Å². The fourth-order valence-electron chi connectivity index (χ4n) is 1.16. The van der Waals surface area contributed by atoms with Crippen molar-refractivity contribution >= 4 is 40.7 Å². The third kappa shape index (κ3) is 3.03. The van der Waals surface area contributed by atoms with E-state index in [2.05, 4.69) is 0 Å². The van der Waals surface area contributed by atoms with Crippen molar-refractivity contribution in [3.8, 4) is 0 Å². The van der Waals surface area contributed by atoms with Crippen LogP contribution in [0.2, 0.25) is 10.0 Å². The SMILES string of the molecule is CC(CCl)N(C)C(=O)c1ccc(Cl)cc1Cl. The molecule has 88 valence electrons. The van der Waals surface area contributed by atoms with Crippen LogP contribution in [0.4, 0.5) is 0 Å². The summed E-state index contributed by atoms with van der Waals surface area (Å²) < 4.78 is 0. The molecule has 0 aliphatic heterocycles. The minimum absolute atomic E-state index is 0.0408. The number of halogens is 3. The largest absolute Gasteiger partial charge is 0.338 e. The van der Waals surface area contributed by atoms with Crippen LogP contribution in [0.25, 0.3) is 0 Å². The Morgan fingerprint density at radius 2 is 2.06 bits per heavy atom. The van der Waals surface area contributed by atoms with E-state index in [0.29, 0.717) is 21.5 Å². The van der Waals surface area contributed by atoms with Crippen LogP contribution in [-0.4, -0.2) is 29.8 Å². The Bertz CT molecular complexity index is 395. The summed E-state index contributed by atoms with van der Waals surface area (Å²) in [6.07, 6.45) is 0. The van der Waals surface area contributed by atoms with E-state index in [1.54, 1.807) is 30.1 Å². The molecular formula is C11H12Cl3NO. The first-order valence-corrected chi connectivity index (χ1v) is 6.04. The van der Waals surface area contributed by atoms with Crippen molar-refractivity contribution in [1.29, 1.82) is 0 Å². The number of amides is 1. The zero-order valence-corrected chi connectivity index (χ0v) is 11.3. The number of benzene rings is 1. The lowest BCUT2D eigenvalue weighted by Gasteiger charge is -2.23. The average molecular weight is 281 g/mol. The topological polar surface area (TPSA) is 20.3 Å². The lowest BCUT2D eigenvalue weighted by Crippen LogP contribution is -2.36. The quantitative estimate of drug-likeness (QED) is 0.773. The molecule has 0 aliphatic rings. The second-order valence-corrected chi connectivity index (χ2v) is 4.70. The monoisotopic (exact) mass is 279 g/mol. The van der Waals surface area contributed by atoms with Crippen molar-refractivity contribution in [1.82, 2.24) is 4.90 Å². The molecule has 1 atom stereocenters. The van der Waals surface area contributed by atoms with Gasteiger partial charge in [0.25, 0.3) is 5.91 Å². The van der Waals surface area contributed by atoms with Crippen molar-refractivity contribution in [2.75, 3.05) is 12.9 Å². The maximum atomic E-state index is 12.0. The van der Waals surface area contributed by atoms with Crippen LogP contribution in [0.5, 0.6) is 0 Å². The number of hydrogen-bond donors (Lipinski definition) is 0. The van der Waals surface area contributed by atoms with Gasteiger partial charge in [-0.25, -0.2) is 0 Å². The second kappa shape index (κ2) is 5.76. The molecule has 1 aromatic carbocycles. The Morgan fingerprint density at radius 1 is 1.44 bits per heavy atom. The van der Waals surface area contributed by atoms with E-state index in [-0.39, 0.29) is 11.9 Å². The Morgan fingerprint density at radius 3 is 2.56 bits per heavy atom. The van der Waals surface area contributed by atoms with Gasteiger partial charge in [0.1, 0.15) is 0 Å². The first-order chi connectivity index (χ1) is 7.47. The standard InChI is InChI=1S/C11H12Cl3NO/c1-7(6-12)15(2)11(16)9-4-3-8(13)5-10(9)14/h3-5,7H,6H2,1-2H3. The summed E-state index contributed by atoms with van der Waals surface area (Å²) in [5, 5.41) is 0.862. The molecule has 0 saturated carbocycles. The molecular weight excluding hydrogens is 268 g/mol. The molecule has 0 radical (unpaired) electrons. The Balaban J connectivity index is 2.96. The molecule has 0 spiro atoms. The van der Waals surface area contributed by atoms with Crippen molar-refractivity contribution in [2.24, 2.45) is 0 Å². The number of alkyl halides is 1. The molecule has 0 saturated heterocycles. The Kier molecular flexibility index (Phi) is 4.90. The molecule has 5 heteroatoms. The predicted molar refractivity (Wildman–Crippen MR) is 68.7 cm³/mol. The zero-order chi connectivity index (χ0) is 12.3. The van der Waals surface area contributed by atoms with Gasteiger partial charge in [0, 0.05) is 24.0 Å². The minimum Gasteiger partial charge on any atom is -0.338 e. The van der Waals surface area contributed by atoms with Gasteiger partial charge in [-0.2, -0.15) is 0 Å². The molecule has 0 aromatic heterocycles. The van der Waals surface area contributed by atoms with E-state index in [1.807, 2.05) is 6.92 Å². The van der Waals surface area contributed by atoms with E-state index in [4.69, 9.17) is 34.8 Å². The third-order valence-corrected chi connectivity index (χ3v) is 3.36. The third-order valence-electron chi connectivity index (χ3n) is 2.37. The molecule has 1 unspecified atom stereocenters. The van der Waals surface area contributed by atoms with E-state index in [9.17, 15) is 4.79 Å². The van der Waals surface area contributed by atoms with Gasteiger partial charge in [-0.3, -0.25) is 4.79 Å². The minimum atomic E-state index is -0.158. The summed E-state index contributed by atoms with van der Waals surface area (Å²) in [5.74, 6) is 0.225. The highest BCUT2D eigenvalue weighted by Gasteiger charge is 2.19. The zero-order valence-electron chi connectivity index (χ0n) is 9.01. The van der Waals surface area contributed by atoms with Crippen LogP contribution in [0.3, 0.4) is 0 Å². The van der Waals surface area contributed by atoms with Gasteiger partial charge < -0.3 is 4.90 Å². The van der Waals surface area contributed by atoms with Gasteiger partial charge in [0.15, 0.2) is 0 Å². The second-order valence-electron chi connectivity index (χ2n) is 3.54. The molecule has 16 heavy (non-hydrogen) atoms. The Labute approximate surface area is 110 Å². The number of hydrogen-bond acceptors (Lipinski definition) is 1. The highest BCUT2D eigenvalue weighted by atomic mass is 35.5. The number of rotatable bonds is 3. The van der Waals surface area contributed by atoms with Crippen molar-refractivity contribution < 1.29 is 4.79 Å². The summed E-state index contributed by atoms with van der Waals surface area (Å²) in [7, 11) is 1.69. The first kappa shape index (κ1) is 13.6. The number of carbonyl (C=O) groups excluding carboxylic acids is 1. The van der Waals surface area contributed by atoms with Crippen LogP contribution in [0.1, 0.15) is 17.3 Å². The molecule has 0 N–H and O–H groups in total. The molecule has 0 bridgehead atoms. The molecule has 1 rings (SSSR count). The fourth-order valence-corrected chi connectivity index (χ4v) is 1.85. The maximum Gasteiger partial charge on any atom is 0.255 e. The van der Waals surface area contributed by atoms with Crippen LogP contribution < -0.4 is 0 Å². The van der Waals surface area contributed by atoms with Gasteiger partial charge in [-0.05, 0) is 25.1 Å². The molecule has 0 fully saturated rings. The summed E-state index contributed by atoms with van der Waals surface area (Å²) >= 11 is 17.4. The van der Waals surface area contributed by atoms with Gasteiger partial charge in [0.2, 0.25) is 0 Å². The summed E-state index contributed by atoms with van der Waals surface area (Å²) in [4.78, 5) is 13.6. The average Bonchev–Trinajstić information content (AvgIpc) is 2.26. The molecule has 2 nitrogen and oxygen atoms in total. The fraction of sp³-hybridized carbons (Fsp3) is 0.364. The normalized spacial score (nSPS) is 12.3. The van der Waals surface area contributed by atoms with Crippen molar-refractivity contribution in [2.45, 2.75) is 13.0 Å². The number of carbonyl (C=O) groups is 1. The molecule has 0 heterocycles. The molecule has 1 amide bonds. The van der Waals surface area contributed by atoms with Gasteiger partial charge in [-0.1, -0.05) is 23.2 Å². The van der Waals surface area contributed by atoms with Crippen molar-refractivity contribution in [3.63, 3.8) is 0 Å². The maximum absolute atomic E-state index is 12.0. The lowest BCUT2D eigenvalue weighted by molar-refractivity contribution is 0.0757. The van der Waals surface area contributed by atoms with Crippen LogP contribution in [0.15, 0.2) is 18.2 Å². The smallest absolute Gasteiger partial charge is 0.255 e. The highest BCUT2D eigenvalue weighted by Crippen LogP contribution is 2.22. The summed E-state index contributed by atoms with van der Waals surface area (Å²) in [5.41, 5.74) is 0.436. The van der Waals surface area contributed by atoms with Gasteiger partial charge in [-0.15, -0.1) is 11.6 Å². The van der Waals surface area contributed by atoms with E-state index < -0.39 is 0 Å². The summed E-state index contributed by atoms with van der Waals surface area (Å²) in [6, 6.07) is 4.76. The summed E-state index contributed by atoms with van der Waals surface area (Å²) in [6.45, 7) is 1.87. The van der Waals surface area contributed by atoms with Crippen molar-refractivity contribution in [3.05, 3.63) is 33.8 Å². The molecule has 1 aromatic rings. The van der Waals surface area contributed by atoms with E-state index in [0.717, 1.165) is 0 Å². The Hall–Kier alpha value is -0.440.